The molecule has 0 saturated carbocycles. The van der Waals surface area contributed by atoms with Gasteiger partial charge in [0.05, 0.1) is 26.3 Å². The van der Waals surface area contributed by atoms with E-state index < -0.39 is 36.8 Å². The van der Waals surface area contributed by atoms with Crippen LogP contribution in [0, 0.1) is 0 Å². The van der Waals surface area contributed by atoms with Crippen molar-refractivity contribution < 1.29 is 81.9 Å². The molecule has 1 saturated heterocycles. The molecular weight excluding hydrogens is 639 g/mol. The summed E-state index contributed by atoms with van der Waals surface area (Å²) >= 11 is 15.5. The zero-order valence-electron chi connectivity index (χ0n) is 20.6. The van der Waals surface area contributed by atoms with Crippen LogP contribution in [0.15, 0.2) is 46.3 Å². The number of benzene rings is 2. The molecule has 3 aromatic rings. The topological polar surface area (TPSA) is 118 Å². The van der Waals surface area contributed by atoms with Gasteiger partial charge in [-0.25, -0.2) is 21.3 Å². The van der Waals surface area contributed by atoms with Gasteiger partial charge in [0.15, 0.2) is 23.3 Å². The van der Waals surface area contributed by atoms with Crippen molar-refractivity contribution in [2.45, 2.75) is 48.3 Å². The Morgan fingerprint density at radius 2 is 1.74 bits per heavy atom. The Hall–Kier alpha value is 0.416. The Bertz CT molecular complexity index is 1680. The molecule has 8 nitrogen and oxygen atoms in total. The number of rotatable bonds is 7. The van der Waals surface area contributed by atoms with E-state index in [4.69, 9.17) is 23.2 Å². The van der Waals surface area contributed by atoms with Gasteiger partial charge in [0.1, 0.15) is 26.6 Å². The maximum absolute atomic E-state index is 11.9. The molecule has 0 aliphatic carbocycles. The van der Waals surface area contributed by atoms with Gasteiger partial charge in [-0.2, -0.15) is 4.57 Å². The van der Waals surface area contributed by atoms with Crippen LogP contribution in [0.4, 0.5) is 5.69 Å². The van der Waals surface area contributed by atoms with Crippen LogP contribution in [-0.2, 0) is 26.8 Å². The van der Waals surface area contributed by atoms with Crippen LogP contribution in [0.25, 0.3) is 16.3 Å². The Balaban J connectivity index is 0.00000336. The number of thioether (sulfide) groups is 1. The van der Waals surface area contributed by atoms with Crippen molar-refractivity contribution in [2.75, 3.05) is 6.54 Å². The Labute approximate surface area is 282 Å². The summed E-state index contributed by atoms with van der Waals surface area (Å²) in [5.41, 5.74) is 1.65. The fourth-order valence-electron chi connectivity index (χ4n) is 4.80. The SMILES string of the molecule is CC(CC[n+]1c(C=C2Sc3ccc(Cl)cc3[N+]23CC3C(C)S(=O)(=O)[O-])sc2ccc(Cl)cc21)S(=O)(=O)[O-].[K+]. The molecular formula is C23H22Cl2KN2O6S4+. The number of halogens is 2. The van der Waals surface area contributed by atoms with Crippen LogP contribution < -0.4 is 60.4 Å². The number of aryl methyl sites for hydroxylation is 1. The molecule has 1 spiro atoms. The van der Waals surface area contributed by atoms with E-state index in [1.165, 1.54) is 36.9 Å². The fourth-order valence-corrected chi connectivity index (χ4v) is 8.71. The molecule has 0 bridgehead atoms. The van der Waals surface area contributed by atoms with Gasteiger partial charge in [-0.1, -0.05) is 34.5 Å². The van der Waals surface area contributed by atoms with Crippen LogP contribution in [0.5, 0.6) is 0 Å². The quantitative estimate of drug-likeness (QED) is 0.124. The molecule has 2 aromatic carbocycles. The van der Waals surface area contributed by atoms with Gasteiger partial charge in [0, 0.05) is 28.6 Å². The summed E-state index contributed by atoms with van der Waals surface area (Å²) in [6.45, 7) is 3.54. The van der Waals surface area contributed by atoms with Crippen LogP contribution in [0.2, 0.25) is 10.0 Å². The predicted octanol–water partition coefficient (Wildman–Crippen LogP) is 1.55. The third kappa shape index (κ3) is 5.84. The molecule has 3 heterocycles. The molecule has 2 aliphatic rings. The first-order valence-corrected chi connectivity index (χ1v) is 16.6. The first-order valence-electron chi connectivity index (χ1n) is 11.3. The van der Waals surface area contributed by atoms with E-state index in [0.717, 1.165) is 30.8 Å². The normalized spacial score (nSPS) is 23.4. The molecule has 38 heavy (non-hydrogen) atoms. The van der Waals surface area contributed by atoms with Gasteiger partial charge in [0.2, 0.25) is 5.52 Å². The number of hydrogen-bond acceptors (Lipinski definition) is 8. The Kier molecular flexibility index (Phi) is 9.28. The van der Waals surface area contributed by atoms with Crippen molar-refractivity contribution in [3.8, 4) is 0 Å². The molecule has 0 N–H and O–H groups in total. The van der Waals surface area contributed by atoms with E-state index >= 15 is 0 Å². The number of fused-ring (bicyclic) bond motifs is 3. The van der Waals surface area contributed by atoms with Crippen LogP contribution >= 0.6 is 46.3 Å². The van der Waals surface area contributed by atoms with Crippen molar-refractivity contribution in [1.29, 1.82) is 0 Å². The summed E-state index contributed by atoms with van der Waals surface area (Å²) in [6, 6.07) is 10.4. The maximum atomic E-state index is 11.9. The average molecular weight is 661 g/mol. The first-order chi connectivity index (χ1) is 17.2. The molecule has 2 aliphatic heterocycles. The van der Waals surface area contributed by atoms with Crippen molar-refractivity contribution in [2.24, 2.45) is 0 Å². The van der Waals surface area contributed by atoms with Crippen LogP contribution in [-0.4, -0.2) is 49.0 Å². The largest absolute Gasteiger partial charge is 1.00 e. The molecule has 1 fully saturated rings. The standard InChI is InChI=1S/C23H22Cl2N2O6S4.K/c1-13(36(28,29)30)7-8-26-17-9-15(24)3-5-20(17)34-22(26)11-23-27(12-19(27)14(2)37(31,32)33)18-10-16(25)4-6-21(18)35-23;/h3-6,9-11,13-14,19H,7-8,12H2,1-2H3;/q;+1. The van der Waals surface area contributed by atoms with Gasteiger partial charge < -0.3 is 9.11 Å². The van der Waals surface area contributed by atoms with Gasteiger partial charge in [-0.15, -0.1) is 0 Å². The van der Waals surface area contributed by atoms with Gasteiger partial charge in [-0.3, -0.25) is 0 Å². The zero-order chi connectivity index (χ0) is 26.9. The average Bonchev–Trinajstić information content (AvgIpc) is 3.36. The summed E-state index contributed by atoms with van der Waals surface area (Å²) in [4.78, 5) is 0.926. The number of aromatic nitrogens is 1. The zero-order valence-corrected chi connectivity index (χ0v) is 28.5. The smallest absolute Gasteiger partial charge is 0.748 e. The summed E-state index contributed by atoms with van der Waals surface area (Å²) in [5, 5.41) is 0.492. The fraction of sp³-hybridized carbons (Fsp3) is 0.348. The predicted molar refractivity (Wildman–Crippen MR) is 146 cm³/mol. The van der Waals surface area contributed by atoms with Crippen molar-refractivity contribution >= 4 is 88.5 Å². The second-order valence-corrected chi connectivity index (χ2v) is 15.8. The molecule has 0 radical (unpaired) electrons. The minimum atomic E-state index is -4.52. The first kappa shape index (κ1) is 31.4. The number of hydrogen-bond donors (Lipinski definition) is 0. The second kappa shape index (κ2) is 11.2. The molecule has 1 aromatic heterocycles. The van der Waals surface area contributed by atoms with E-state index in [1.54, 1.807) is 18.2 Å². The van der Waals surface area contributed by atoms with Gasteiger partial charge in [0.25, 0.3) is 5.01 Å². The van der Waals surface area contributed by atoms with Gasteiger partial charge in [-0.05, 0) is 49.9 Å². The van der Waals surface area contributed by atoms with E-state index in [0.29, 0.717) is 16.6 Å². The van der Waals surface area contributed by atoms with E-state index in [-0.39, 0.29) is 68.8 Å². The van der Waals surface area contributed by atoms with Crippen molar-refractivity contribution in [3.63, 3.8) is 0 Å². The summed E-state index contributed by atoms with van der Waals surface area (Å²) in [6.07, 6.45) is 2.07. The summed E-state index contributed by atoms with van der Waals surface area (Å²) in [5.74, 6) is 0. The van der Waals surface area contributed by atoms with Crippen molar-refractivity contribution in [3.05, 3.63) is 56.5 Å². The summed E-state index contributed by atoms with van der Waals surface area (Å²) in [7, 11) is -8.96. The summed E-state index contributed by atoms with van der Waals surface area (Å²) < 4.78 is 73.4. The second-order valence-electron chi connectivity index (χ2n) is 9.31. The van der Waals surface area contributed by atoms with Crippen molar-refractivity contribution in [1.82, 2.24) is 4.48 Å². The third-order valence-electron chi connectivity index (χ3n) is 7.05. The number of thiazole rings is 1. The van der Waals surface area contributed by atoms with E-state index in [9.17, 15) is 25.9 Å². The van der Waals surface area contributed by atoms with E-state index in [1.807, 2.05) is 28.8 Å². The molecule has 0 amide bonds. The van der Waals surface area contributed by atoms with Crippen LogP contribution in [0.3, 0.4) is 0 Å². The maximum Gasteiger partial charge on any atom is 1.00 e. The van der Waals surface area contributed by atoms with Crippen LogP contribution in [0.1, 0.15) is 25.3 Å². The molecule has 4 unspecified atom stereocenters. The molecule has 15 heteroatoms. The number of nitrogens with zero attached hydrogens (tertiary/aromatic N) is 2. The van der Waals surface area contributed by atoms with E-state index in [2.05, 4.69) is 0 Å². The Morgan fingerprint density at radius 1 is 1.08 bits per heavy atom. The third-order valence-corrected chi connectivity index (χ3v) is 12.3. The minimum absolute atomic E-state index is 0. The molecule has 4 atom stereocenters. The molecule has 5 rings (SSSR count). The number of quaternary nitrogens is 1. The minimum Gasteiger partial charge on any atom is -0.748 e. The Morgan fingerprint density at radius 3 is 2.39 bits per heavy atom. The monoisotopic (exact) mass is 659 g/mol. The molecule has 198 valence electrons. The van der Waals surface area contributed by atoms with Gasteiger partial charge >= 0.3 is 51.4 Å².